The van der Waals surface area contributed by atoms with E-state index in [1.807, 2.05) is 13.0 Å². The van der Waals surface area contributed by atoms with Gasteiger partial charge in [0.2, 0.25) is 5.91 Å². The fraction of sp³-hybridized carbons (Fsp3) is 0.188. The van der Waals surface area contributed by atoms with Crippen molar-refractivity contribution >= 4 is 46.6 Å². The Balaban J connectivity index is 1.72. The van der Waals surface area contributed by atoms with Crippen molar-refractivity contribution in [1.29, 1.82) is 0 Å². The smallest absolute Gasteiger partial charge is 0.319 e. The molecule has 1 aromatic heterocycles. The zero-order chi connectivity index (χ0) is 17.5. The van der Waals surface area contributed by atoms with Crippen LogP contribution in [0, 0.1) is 6.92 Å². The number of aromatic nitrogens is 1. The molecule has 0 saturated heterocycles. The van der Waals surface area contributed by atoms with Gasteiger partial charge in [-0.15, -0.1) is 0 Å². The van der Waals surface area contributed by atoms with Gasteiger partial charge in [0.1, 0.15) is 5.82 Å². The molecule has 126 valence electrons. The van der Waals surface area contributed by atoms with E-state index in [4.69, 9.17) is 23.2 Å². The Morgan fingerprint density at radius 1 is 1.08 bits per heavy atom. The number of benzene rings is 1. The van der Waals surface area contributed by atoms with E-state index < -0.39 is 6.03 Å². The molecule has 1 heterocycles. The number of hydrogen-bond donors (Lipinski definition) is 3. The second-order valence-corrected chi connectivity index (χ2v) is 5.84. The normalized spacial score (nSPS) is 10.1. The second kappa shape index (κ2) is 8.52. The van der Waals surface area contributed by atoms with Gasteiger partial charge in [-0.3, -0.25) is 4.79 Å². The second-order valence-electron chi connectivity index (χ2n) is 5.03. The van der Waals surface area contributed by atoms with Crippen molar-refractivity contribution in [3.05, 3.63) is 52.1 Å². The summed E-state index contributed by atoms with van der Waals surface area (Å²) in [6.45, 7) is 2.10. The lowest BCUT2D eigenvalue weighted by Gasteiger charge is -2.08. The molecule has 1 aromatic carbocycles. The van der Waals surface area contributed by atoms with Gasteiger partial charge in [0.25, 0.3) is 0 Å². The standard InChI is InChI=1S/C16H16Cl2N4O2/c1-10-2-5-14(20-9-10)22-15(23)6-7-19-16(24)21-11-3-4-12(17)13(18)8-11/h2-5,8-9H,6-7H2,1H3,(H2,19,21,24)(H,20,22,23). The van der Waals surface area contributed by atoms with Crippen molar-refractivity contribution < 1.29 is 9.59 Å². The number of amides is 3. The minimum absolute atomic E-state index is 0.129. The number of nitrogens with zero attached hydrogens (tertiary/aromatic N) is 1. The summed E-state index contributed by atoms with van der Waals surface area (Å²) in [6, 6.07) is 7.89. The first-order valence-corrected chi connectivity index (χ1v) is 7.92. The molecular weight excluding hydrogens is 351 g/mol. The zero-order valence-electron chi connectivity index (χ0n) is 12.9. The third-order valence-corrected chi connectivity index (χ3v) is 3.73. The molecule has 3 N–H and O–H groups in total. The largest absolute Gasteiger partial charge is 0.337 e. The van der Waals surface area contributed by atoms with Crippen molar-refractivity contribution in [2.45, 2.75) is 13.3 Å². The molecule has 0 aliphatic rings. The van der Waals surface area contributed by atoms with Crippen LogP contribution in [0.1, 0.15) is 12.0 Å². The van der Waals surface area contributed by atoms with E-state index in [0.717, 1.165) is 5.56 Å². The molecule has 0 radical (unpaired) electrons. The maximum Gasteiger partial charge on any atom is 0.319 e. The van der Waals surface area contributed by atoms with Crippen molar-refractivity contribution in [1.82, 2.24) is 10.3 Å². The van der Waals surface area contributed by atoms with Gasteiger partial charge in [-0.2, -0.15) is 0 Å². The van der Waals surface area contributed by atoms with E-state index in [1.165, 1.54) is 0 Å². The molecule has 0 unspecified atom stereocenters. The monoisotopic (exact) mass is 366 g/mol. The third-order valence-electron chi connectivity index (χ3n) is 2.99. The van der Waals surface area contributed by atoms with Gasteiger partial charge in [-0.1, -0.05) is 29.3 Å². The lowest BCUT2D eigenvalue weighted by atomic mass is 10.3. The van der Waals surface area contributed by atoms with Crippen LogP contribution in [0.25, 0.3) is 0 Å². The number of urea groups is 1. The predicted octanol–water partition coefficient (Wildman–Crippen LogP) is 3.85. The average molecular weight is 367 g/mol. The van der Waals surface area contributed by atoms with Crippen LogP contribution in [0.2, 0.25) is 10.0 Å². The summed E-state index contributed by atoms with van der Waals surface area (Å²) in [4.78, 5) is 27.6. The molecule has 2 aromatic rings. The van der Waals surface area contributed by atoms with Crippen LogP contribution in [0.5, 0.6) is 0 Å². The number of aryl methyl sites for hydroxylation is 1. The highest BCUT2D eigenvalue weighted by Gasteiger charge is 2.06. The molecule has 8 heteroatoms. The SMILES string of the molecule is Cc1ccc(NC(=O)CCNC(=O)Nc2ccc(Cl)c(Cl)c2)nc1. The van der Waals surface area contributed by atoms with Crippen LogP contribution in [-0.4, -0.2) is 23.5 Å². The summed E-state index contributed by atoms with van der Waals surface area (Å²) in [7, 11) is 0. The zero-order valence-corrected chi connectivity index (χ0v) is 14.4. The summed E-state index contributed by atoms with van der Waals surface area (Å²) in [5, 5.41) is 8.59. The summed E-state index contributed by atoms with van der Waals surface area (Å²) in [5.41, 5.74) is 1.52. The maximum absolute atomic E-state index is 11.8. The summed E-state index contributed by atoms with van der Waals surface area (Å²) in [6.07, 6.45) is 1.79. The number of pyridine rings is 1. The first kappa shape index (κ1) is 18.0. The lowest BCUT2D eigenvalue weighted by Crippen LogP contribution is -2.31. The Morgan fingerprint density at radius 2 is 1.88 bits per heavy atom. The molecule has 24 heavy (non-hydrogen) atoms. The van der Waals surface area contributed by atoms with Gasteiger partial charge < -0.3 is 16.0 Å². The van der Waals surface area contributed by atoms with Gasteiger partial charge in [0.15, 0.2) is 0 Å². The lowest BCUT2D eigenvalue weighted by molar-refractivity contribution is -0.116. The van der Waals surface area contributed by atoms with E-state index in [2.05, 4.69) is 20.9 Å². The fourth-order valence-electron chi connectivity index (χ4n) is 1.79. The highest BCUT2D eigenvalue weighted by molar-refractivity contribution is 6.42. The highest BCUT2D eigenvalue weighted by atomic mass is 35.5. The molecule has 0 saturated carbocycles. The summed E-state index contributed by atoms with van der Waals surface area (Å²) in [5.74, 6) is 0.243. The number of nitrogens with one attached hydrogen (secondary N) is 3. The number of anilines is 2. The van der Waals surface area contributed by atoms with Gasteiger partial charge in [0, 0.05) is 24.8 Å². The van der Waals surface area contributed by atoms with Gasteiger partial charge in [0.05, 0.1) is 10.0 Å². The Hall–Kier alpha value is -2.31. The van der Waals surface area contributed by atoms with Crippen LogP contribution in [0.15, 0.2) is 36.5 Å². The number of rotatable bonds is 5. The Morgan fingerprint density at radius 3 is 2.54 bits per heavy atom. The van der Waals surface area contributed by atoms with Crippen molar-refractivity contribution in [2.24, 2.45) is 0 Å². The molecule has 3 amide bonds. The molecule has 2 rings (SSSR count). The number of carbonyl (C=O) groups excluding carboxylic acids is 2. The van der Waals surface area contributed by atoms with E-state index in [9.17, 15) is 9.59 Å². The number of hydrogen-bond acceptors (Lipinski definition) is 3. The Bertz CT molecular complexity index is 735. The molecule has 0 spiro atoms. The van der Waals surface area contributed by atoms with Crippen LogP contribution >= 0.6 is 23.2 Å². The molecule has 6 nitrogen and oxygen atoms in total. The molecular formula is C16H16Cl2N4O2. The van der Waals surface area contributed by atoms with Gasteiger partial charge in [-0.25, -0.2) is 9.78 Å². The Labute approximate surface area is 149 Å². The minimum Gasteiger partial charge on any atom is -0.337 e. The summed E-state index contributed by atoms with van der Waals surface area (Å²) < 4.78 is 0. The minimum atomic E-state index is -0.436. The molecule has 0 aliphatic carbocycles. The summed E-state index contributed by atoms with van der Waals surface area (Å²) >= 11 is 11.7. The van der Waals surface area contributed by atoms with Crippen LogP contribution < -0.4 is 16.0 Å². The average Bonchev–Trinajstić information content (AvgIpc) is 2.53. The van der Waals surface area contributed by atoms with E-state index in [0.29, 0.717) is 21.6 Å². The first-order valence-electron chi connectivity index (χ1n) is 7.16. The Kier molecular flexibility index (Phi) is 6.40. The quantitative estimate of drug-likeness (QED) is 0.751. The molecule has 0 aliphatic heterocycles. The highest BCUT2D eigenvalue weighted by Crippen LogP contribution is 2.24. The van der Waals surface area contributed by atoms with Gasteiger partial charge >= 0.3 is 6.03 Å². The number of halogens is 2. The van der Waals surface area contributed by atoms with Gasteiger partial charge in [-0.05, 0) is 36.8 Å². The van der Waals surface area contributed by atoms with Crippen LogP contribution in [0.3, 0.4) is 0 Å². The van der Waals surface area contributed by atoms with E-state index >= 15 is 0 Å². The fourth-order valence-corrected chi connectivity index (χ4v) is 2.08. The van der Waals surface area contributed by atoms with E-state index in [-0.39, 0.29) is 18.9 Å². The van der Waals surface area contributed by atoms with Crippen molar-refractivity contribution in [3.63, 3.8) is 0 Å². The third kappa shape index (κ3) is 5.72. The predicted molar refractivity (Wildman–Crippen MR) is 95.7 cm³/mol. The molecule has 0 fully saturated rings. The van der Waals surface area contributed by atoms with E-state index in [1.54, 1.807) is 30.5 Å². The molecule has 0 atom stereocenters. The first-order chi connectivity index (χ1) is 11.4. The molecule has 0 bridgehead atoms. The maximum atomic E-state index is 11.8. The van der Waals surface area contributed by atoms with Crippen LogP contribution in [-0.2, 0) is 4.79 Å². The van der Waals surface area contributed by atoms with Crippen molar-refractivity contribution in [3.8, 4) is 0 Å². The number of carbonyl (C=O) groups is 2. The van der Waals surface area contributed by atoms with Crippen molar-refractivity contribution in [2.75, 3.05) is 17.2 Å². The topological polar surface area (TPSA) is 83.1 Å². The van der Waals surface area contributed by atoms with Crippen LogP contribution in [0.4, 0.5) is 16.3 Å².